The van der Waals surface area contributed by atoms with Crippen molar-refractivity contribution in [1.82, 2.24) is 4.48 Å². The Labute approximate surface area is 131 Å². The van der Waals surface area contributed by atoms with Crippen LogP contribution in [0.4, 0.5) is 5.69 Å². The minimum atomic E-state index is -4.16. The van der Waals surface area contributed by atoms with E-state index in [0.29, 0.717) is 10.2 Å². The Bertz CT molecular complexity index is 620. The minimum absolute atomic E-state index is 0.532. The van der Waals surface area contributed by atoms with Crippen molar-refractivity contribution in [2.24, 2.45) is 4.99 Å². The van der Waals surface area contributed by atoms with Crippen LogP contribution in [0.3, 0.4) is 0 Å². The van der Waals surface area contributed by atoms with Gasteiger partial charge in [-0.3, -0.25) is 18.2 Å². The SMILES string of the molecule is CN=C([O-])Oc1ccc(C)c([N+](C)(C)C)c1.COS(=O)(=O)O. The maximum absolute atomic E-state index is 11.0. The van der Waals surface area contributed by atoms with Gasteiger partial charge in [0, 0.05) is 24.4 Å². The average Bonchev–Trinajstić information content (AvgIpc) is 2.39. The fourth-order valence-electron chi connectivity index (χ4n) is 1.52. The van der Waals surface area contributed by atoms with E-state index in [1.54, 1.807) is 6.07 Å². The summed E-state index contributed by atoms with van der Waals surface area (Å²) in [5.74, 6) is 0.532. The maximum atomic E-state index is 11.0. The van der Waals surface area contributed by atoms with Gasteiger partial charge >= 0.3 is 10.4 Å². The predicted octanol–water partition coefficient (Wildman–Crippen LogP) is 0.352. The molecule has 0 aliphatic carbocycles. The van der Waals surface area contributed by atoms with Crippen LogP contribution in [0.5, 0.6) is 5.75 Å². The third-order valence-electron chi connectivity index (χ3n) is 2.50. The Morgan fingerprint density at radius 2 is 1.82 bits per heavy atom. The number of hydrogen-bond acceptors (Lipinski definition) is 6. The van der Waals surface area contributed by atoms with Crippen LogP contribution >= 0.6 is 0 Å². The van der Waals surface area contributed by atoms with Crippen molar-refractivity contribution in [3.8, 4) is 5.75 Å². The van der Waals surface area contributed by atoms with Crippen molar-refractivity contribution in [2.45, 2.75) is 6.92 Å². The Balaban J connectivity index is 0.000000626. The molecule has 8 nitrogen and oxygen atoms in total. The monoisotopic (exact) mass is 334 g/mol. The quantitative estimate of drug-likeness (QED) is 0.370. The van der Waals surface area contributed by atoms with Gasteiger partial charge in [-0.2, -0.15) is 8.42 Å². The molecule has 9 heteroatoms. The Morgan fingerprint density at radius 3 is 2.18 bits per heavy atom. The van der Waals surface area contributed by atoms with E-state index in [1.165, 1.54) is 12.6 Å². The number of benzene rings is 1. The zero-order valence-corrected chi connectivity index (χ0v) is 14.3. The van der Waals surface area contributed by atoms with E-state index in [9.17, 15) is 13.5 Å². The molecule has 0 spiro atoms. The van der Waals surface area contributed by atoms with Crippen molar-refractivity contribution in [3.63, 3.8) is 0 Å². The van der Waals surface area contributed by atoms with Gasteiger partial charge in [-0.15, -0.1) is 0 Å². The fourth-order valence-corrected chi connectivity index (χ4v) is 1.52. The zero-order chi connectivity index (χ0) is 17.6. The van der Waals surface area contributed by atoms with Crippen LogP contribution in [0, 0.1) is 6.92 Å². The third kappa shape index (κ3) is 7.93. The van der Waals surface area contributed by atoms with Gasteiger partial charge in [0.15, 0.2) is 0 Å². The lowest BCUT2D eigenvalue weighted by Crippen LogP contribution is -2.35. The van der Waals surface area contributed by atoms with Gasteiger partial charge in [0.25, 0.3) is 0 Å². The van der Waals surface area contributed by atoms with Gasteiger partial charge in [-0.05, 0) is 13.0 Å². The van der Waals surface area contributed by atoms with Crippen LogP contribution in [0.1, 0.15) is 5.56 Å². The smallest absolute Gasteiger partial charge is 0.397 e. The third-order valence-corrected chi connectivity index (χ3v) is 2.92. The molecule has 0 unspecified atom stereocenters. The summed E-state index contributed by atoms with van der Waals surface area (Å²) in [6.07, 6.45) is -0.573. The Kier molecular flexibility index (Phi) is 7.47. The molecule has 0 bridgehead atoms. The molecule has 0 saturated heterocycles. The second kappa shape index (κ2) is 8.08. The first kappa shape index (κ1) is 20.3. The van der Waals surface area contributed by atoms with E-state index in [-0.39, 0.29) is 0 Å². The van der Waals surface area contributed by atoms with E-state index >= 15 is 0 Å². The molecule has 0 aliphatic heterocycles. The Hall–Kier alpha value is -1.68. The topological polar surface area (TPSA) is 108 Å². The summed E-state index contributed by atoms with van der Waals surface area (Å²) in [5.41, 5.74) is 2.28. The zero-order valence-electron chi connectivity index (χ0n) is 13.5. The number of quaternary nitrogens is 1. The summed E-state index contributed by atoms with van der Waals surface area (Å²) in [6.45, 7) is 2.04. The molecule has 0 aromatic heterocycles. The summed E-state index contributed by atoms with van der Waals surface area (Å²) < 4.78 is 35.4. The number of rotatable bonds is 3. The molecular weight excluding hydrogens is 312 g/mol. The second-order valence-corrected chi connectivity index (χ2v) is 6.34. The molecule has 0 saturated carbocycles. The van der Waals surface area contributed by atoms with Crippen molar-refractivity contribution in [2.75, 3.05) is 35.3 Å². The van der Waals surface area contributed by atoms with E-state index in [0.717, 1.165) is 12.8 Å². The van der Waals surface area contributed by atoms with E-state index < -0.39 is 16.5 Å². The van der Waals surface area contributed by atoms with Crippen LogP contribution in [0.25, 0.3) is 0 Å². The molecule has 0 amide bonds. The molecule has 1 aromatic rings. The molecule has 0 radical (unpaired) electrons. The molecule has 0 fully saturated rings. The van der Waals surface area contributed by atoms with Gasteiger partial charge in [-0.25, -0.2) is 0 Å². The highest BCUT2D eigenvalue weighted by atomic mass is 32.3. The highest BCUT2D eigenvalue weighted by molar-refractivity contribution is 7.80. The molecule has 1 N–H and O–H groups in total. The highest BCUT2D eigenvalue weighted by Gasteiger charge is 2.15. The molecule has 0 aliphatic rings. The second-order valence-electron chi connectivity index (χ2n) is 5.15. The number of ether oxygens (including phenoxy) is 1. The van der Waals surface area contributed by atoms with Gasteiger partial charge in [-0.1, -0.05) is 6.07 Å². The van der Waals surface area contributed by atoms with Crippen molar-refractivity contribution in [3.05, 3.63) is 23.8 Å². The highest BCUT2D eigenvalue weighted by Crippen LogP contribution is 2.27. The molecule has 126 valence electrons. The molecular formula is C13H22N2O6S. The van der Waals surface area contributed by atoms with E-state index in [4.69, 9.17) is 9.29 Å². The van der Waals surface area contributed by atoms with Crippen LogP contribution in [-0.4, -0.2) is 54.4 Å². The number of hydrogen-bond donors (Lipinski definition) is 1. The van der Waals surface area contributed by atoms with Crippen LogP contribution < -0.4 is 14.3 Å². The molecule has 0 heterocycles. The first-order valence-electron chi connectivity index (χ1n) is 6.18. The normalized spacial score (nSPS) is 12.4. The fraction of sp³-hybridized carbons (Fsp3) is 0.462. The lowest BCUT2D eigenvalue weighted by Gasteiger charge is -2.26. The van der Waals surface area contributed by atoms with Crippen molar-refractivity contribution < 1.29 is 27.0 Å². The van der Waals surface area contributed by atoms with Gasteiger partial charge in [0.05, 0.1) is 28.3 Å². The van der Waals surface area contributed by atoms with Crippen molar-refractivity contribution >= 4 is 22.2 Å². The van der Waals surface area contributed by atoms with Crippen molar-refractivity contribution in [1.29, 1.82) is 0 Å². The lowest BCUT2D eigenvalue weighted by atomic mass is 10.1. The van der Waals surface area contributed by atoms with Crippen LogP contribution in [0.15, 0.2) is 23.2 Å². The standard InChI is InChI=1S/C12H18N2O2.CH4O4S/c1-9-6-7-10(16-12(15)13-2)8-11(9)14(3,4)5;1-5-6(2,3)4/h6-8H,1-5H3;1H3,(H,2,3,4). The molecule has 22 heavy (non-hydrogen) atoms. The summed E-state index contributed by atoms with van der Waals surface area (Å²) in [7, 11) is 4.33. The summed E-state index contributed by atoms with van der Waals surface area (Å²) in [4.78, 5) is 3.43. The predicted molar refractivity (Wildman–Crippen MR) is 83.3 cm³/mol. The van der Waals surface area contributed by atoms with Gasteiger partial charge in [0.2, 0.25) is 0 Å². The number of aryl methyl sites for hydroxylation is 1. The van der Waals surface area contributed by atoms with Crippen LogP contribution in [0.2, 0.25) is 0 Å². The maximum Gasteiger partial charge on any atom is 0.397 e. The molecule has 0 atom stereocenters. The lowest BCUT2D eigenvalue weighted by molar-refractivity contribution is -0.240. The minimum Gasteiger partial charge on any atom is -0.566 e. The Morgan fingerprint density at radius 1 is 1.32 bits per heavy atom. The van der Waals surface area contributed by atoms with E-state index in [1.807, 2.05) is 19.1 Å². The number of nitrogens with zero attached hydrogens (tertiary/aromatic N) is 2. The molecule has 1 rings (SSSR count). The van der Waals surface area contributed by atoms with Gasteiger partial charge in [0.1, 0.15) is 11.8 Å². The number of aliphatic imine (C=N–C) groups is 1. The summed E-state index contributed by atoms with van der Waals surface area (Å²) in [5, 5.41) is 11.0. The van der Waals surface area contributed by atoms with Gasteiger partial charge < -0.3 is 9.84 Å². The van der Waals surface area contributed by atoms with Crippen LogP contribution in [-0.2, 0) is 14.6 Å². The average molecular weight is 334 g/mol. The first-order valence-corrected chi connectivity index (χ1v) is 7.54. The largest absolute Gasteiger partial charge is 0.566 e. The summed E-state index contributed by atoms with van der Waals surface area (Å²) >= 11 is 0. The summed E-state index contributed by atoms with van der Waals surface area (Å²) in [6, 6.07) is 5.59. The first-order chi connectivity index (χ1) is 9.90. The molecule has 1 aromatic carbocycles. The van der Waals surface area contributed by atoms with E-state index in [2.05, 4.69) is 30.3 Å².